The van der Waals surface area contributed by atoms with Crippen LogP contribution in [-0.2, 0) is 16.0 Å². The lowest BCUT2D eigenvalue weighted by Gasteiger charge is -2.11. The number of hydrogen-bond acceptors (Lipinski definition) is 3. The van der Waals surface area contributed by atoms with Crippen LogP contribution in [0.25, 0.3) is 5.69 Å². The van der Waals surface area contributed by atoms with Gasteiger partial charge in [0, 0.05) is 29.2 Å². The quantitative estimate of drug-likeness (QED) is 0.367. The van der Waals surface area contributed by atoms with Gasteiger partial charge < -0.3 is 9.88 Å². The highest BCUT2D eigenvalue weighted by Gasteiger charge is 2.13. The minimum Gasteiger partial charge on any atom is -0.347 e. The van der Waals surface area contributed by atoms with Crippen molar-refractivity contribution in [3.63, 3.8) is 0 Å². The zero-order valence-electron chi connectivity index (χ0n) is 18.4. The number of nitrogens with one attached hydrogen (secondary N) is 2. The Morgan fingerprint density at radius 3 is 2.39 bits per heavy atom. The third-order valence-corrected chi connectivity index (χ3v) is 5.34. The molecule has 0 saturated carbocycles. The molecule has 2 amide bonds. The fourth-order valence-corrected chi connectivity index (χ4v) is 3.44. The molecule has 0 atom stereocenters. The molecule has 0 aliphatic heterocycles. The number of benzene rings is 2. The zero-order chi connectivity index (χ0) is 22.4. The lowest BCUT2D eigenvalue weighted by Crippen LogP contribution is -2.38. The molecule has 0 radical (unpaired) electrons. The molecular formula is C25H28N4O2. The number of nitrogens with zero attached hydrogens (tertiary/aromatic N) is 2. The van der Waals surface area contributed by atoms with Crippen LogP contribution >= 0.6 is 0 Å². The molecule has 31 heavy (non-hydrogen) atoms. The largest absolute Gasteiger partial charge is 0.347 e. The van der Waals surface area contributed by atoms with Crippen molar-refractivity contribution in [3.8, 4) is 5.69 Å². The third-order valence-electron chi connectivity index (χ3n) is 5.34. The summed E-state index contributed by atoms with van der Waals surface area (Å²) in [5.74, 6) is -1.49. The molecular weight excluding hydrogens is 388 g/mol. The number of amides is 2. The maximum Gasteiger partial charge on any atom is 0.329 e. The van der Waals surface area contributed by atoms with Crippen molar-refractivity contribution >= 4 is 18.0 Å². The summed E-state index contributed by atoms with van der Waals surface area (Å²) in [4.78, 5) is 23.9. The topological polar surface area (TPSA) is 75.5 Å². The minimum absolute atomic E-state index is 0.386. The van der Waals surface area contributed by atoms with E-state index in [-0.39, 0.29) is 0 Å². The van der Waals surface area contributed by atoms with Gasteiger partial charge in [-0.15, -0.1) is 0 Å². The molecule has 0 aliphatic rings. The van der Waals surface area contributed by atoms with Gasteiger partial charge in [-0.1, -0.05) is 36.4 Å². The summed E-state index contributed by atoms with van der Waals surface area (Å²) in [6, 6.07) is 18.1. The molecule has 6 heteroatoms. The second-order valence-corrected chi connectivity index (χ2v) is 7.62. The van der Waals surface area contributed by atoms with Crippen LogP contribution in [0.4, 0.5) is 0 Å². The number of aryl methyl sites for hydroxylation is 3. The van der Waals surface area contributed by atoms with E-state index in [0.29, 0.717) is 13.0 Å². The van der Waals surface area contributed by atoms with E-state index in [4.69, 9.17) is 0 Å². The van der Waals surface area contributed by atoms with Crippen molar-refractivity contribution in [3.05, 3.63) is 88.2 Å². The Morgan fingerprint density at radius 1 is 0.935 bits per heavy atom. The first-order valence-corrected chi connectivity index (χ1v) is 10.3. The minimum atomic E-state index is -0.785. The van der Waals surface area contributed by atoms with Gasteiger partial charge in [-0.3, -0.25) is 9.59 Å². The number of carbonyl (C=O) groups excluding carboxylic acids is 2. The van der Waals surface area contributed by atoms with Gasteiger partial charge in [-0.2, -0.15) is 5.10 Å². The van der Waals surface area contributed by atoms with Crippen LogP contribution < -0.4 is 10.7 Å². The standard InChI is InChI=1S/C25H28N4O2/c1-17-10-11-23(14-18(17)2)29-19(3)15-22(20(29)4)16-27-28-25(31)24(30)26-13-12-21-8-6-5-7-9-21/h5-11,14-16H,12-13H2,1-4H3,(H,26,30)(H,28,31)/b27-16-. The van der Waals surface area contributed by atoms with Gasteiger partial charge in [-0.05, 0) is 69.0 Å². The summed E-state index contributed by atoms with van der Waals surface area (Å²) >= 11 is 0. The second-order valence-electron chi connectivity index (χ2n) is 7.62. The van der Waals surface area contributed by atoms with Crippen molar-refractivity contribution in [2.75, 3.05) is 6.54 Å². The van der Waals surface area contributed by atoms with Crippen LogP contribution in [0.15, 0.2) is 59.7 Å². The Labute approximate surface area is 183 Å². The van der Waals surface area contributed by atoms with E-state index in [1.807, 2.05) is 50.2 Å². The lowest BCUT2D eigenvalue weighted by atomic mass is 10.1. The number of aromatic nitrogens is 1. The van der Waals surface area contributed by atoms with Gasteiger partial charge in [0.1, 0.15) is 0 Å². The fraction of sp³-hybridized carbons (Fsp3) is 0.240. The first kappa shape index (κ1) is 22.0. The van der Waals surface area contributed by atoms with Crippen molar-refractivity contribution in [1.29, 1.82) is 0 Å². The summed E-state index contributed by atoms with van der Waals surface area (Å²) in [5.41, 5.74) is 9.90. The van der Waals surface area contributed by atoms with E-state index >= 15 is 0 Å². The van der Waals surface area contributed by atoms with E-state index in [0.717, 1.165) is 28.2 Å². The molecule has 0 aliphatic carbocycles. The van der Waals surface area contributed by atoms with Crippen LogP contribution in [-0.4, -0.2) is 29.1 Å². The molecule has 0 spiro atoms. The normalized spacial score (nSPS) is 11.0. The van der Waals surface area contributed by atoms with Crippen LogP contribution in [0.5, 0.6) is 0 Å². The van der Waals surface area contributed by atoms with Gasteiger partial charge >= 0.3 is 11.8 Å². The average Bonchev–Trinajstić information content (AvgIpc) is 3.04. The SMILES string of the molecule is Cc1ccc(-n2c(C)cc(/C=N\NC(=O)C(=O)NCCc3ccccc3)c2C)cc1C. The van der Waals surface area contributed by atoms with E-state index in [1.165, 1.54) is 11.1 Å². The predicted octanol–water partition coefficient (Wildman–Crippen LogP) is 3.52. The van der Waals surface area contributed by atoms with Crippen LogP contribution in [0, 0.1) is 27.7 Å². The van der Waals surface area contributed by atoms with Crippen molar-refractivity contribution in [1.82, 2.24) is 15.3 Å². The maximum atomic E-state index is 12.0. The van der Waals surface area contributed by atoms with Crippen LogP contribution in [0.2, 0.25) is 0 Å². The first-order chi connectivity index (χ1) is 14.9. The molecule has 3 rings (SSSR count). The zero-order valence-corrected chi connectivity index (χ0v) is 18.4. The Bertz CT molecular complexity index is 1110. The molecule has 1 aromatic heterocycles. The Hall–Kier alpha value is -3.67. The van der Waals surface area contributed by atoms with Crippen molar-refractivity contribution < 1.29 is 9.59 Å². The molecule has 0 saturated heterocycles. The van der Waals surface area contributed by atoms with Crippen molar-refractivity contribution in [2.24, 2.45) is 5.10 Å². The monoisotopic (exact) mass is 416 g/mol. The van der Waals surface area contributed by atoms with Crippen LogP contribution in [0.1, 0.15) is 33.6 Å². The highest BCUT2D eigenvalue weighted by molar-refractivity contribution is 6.35. The highest BCUT2D eigenvalue weighted by atomic mass is 16.2. The molecule has 2 N–H and O–H groups in total. The summed E-state index contributed by atoms with van der Waals surface area (Å²) in [6.45, 7) is 8.60. The molecule has 6 nitrogen and oxygen atoms in total. The molecule has 3 aromatic rings. The number of rotatable bonds is 6. The fourth-order valence-electron chi connectivity index (χ4n) is 3.44. The lowest BCUT2D eigenvalue weighted by molar-refractivity contribution is -0.139. The number of hydrogen-bond donors (Lipinski definition) is 2. The summed E-state index contributed by atoms with van der Waals surface area (Å²) in [7, 11) is 0. The van der Waals surface area contributed by atoms with Crippen LogP contribution in [0.3, 0.4) is 0 Å². The van der Waals surface area contributed by atoms with E-state index < -0.39 is 11.8 Å². The number of hydrazone groups is 1. The van der Waals surface area contributed by atoms with E-state index in [1.54, 1.807) is 6.21 Å². The molecule has 0 unspecified atom stereocenters. The third kappa shape index (κ3) is 5.48. The number of carbonyl (C=O) groups is 2. The summed E-state index contributed by atoms with van der Waals surface area (Å²) in [5, 5.41) is 6.58. The summed E-state index contributed by atoms with van der Waals surface area (Å²) < 4.78 is 2.14. The average molecular weight is 417 g/mol. The van der Waals surface area contributed by atoms with Gasteiger partial charge in [0.15, 0.2) is 0 Å². The van der Waals surface area contributed by atoms with Crippen molar-refractivity contribution in [2.45, 2.75) is 34.1 Å². The maximum absolute atomic E-state index is 12.0. The molecule has 160 valence electrons. The van der Waals surface area contributed by atoms with Gasteiger partial charge in [0.25, 0.3) is 0 Å². The second kappa shape index (κ2) is 9.89. The molecule has 1 heterocycles. The summed E-state index contributed by atoms with van der Waals surface area (Å²) in [6.07, 6.45) is 2.22. The highest BCUT2D eigenvalue weighted by Crippen LogP contribution is 2.21. The Balaban J connectivity index is 1.58. The molecule has 0 bridgehead atoms. The van der Waals surface area contributed by atoms with E-state index in [9.17, 15) is 9.59 Å². The first-order valence-electron chi connectivity index (χ1n) is 10.3. The van der Waals surface area contributed by atoms with Gasteiger partial charge in [-0.25, -0.2) is 5.43 Å². The van der Waals surface area contributed by atoms with E-state index in [2.05, 4.69) is 52.5 Å². The smallest absolute Gasteiger partial charge is 0.329 e. The van der Waals surface area contributed by atoms with Gasteiger partial charge in [0.05, 0.1) is 6.21 Å². The molecule has 2 aromatic carbocycles. The molecule has 0 fully saturated rings. The Kier molecular flexibility index (Phi) is 7.03. The Morgan fingerprint density at radius 2 is 1.68 bits per heavy atom. The predicted molar refractivity (Wildman–Crippen MR) is 124 cm³/mol. The van der Waals surface area contributed by atoms with Gasteiger partial charge in [0.2, 0.25) is 0 Å².